The summed E-state index contributed by atoms with van der Waals surface area (Å²) in [6.07, 6.45) is 1.12. The van der Waals surface area contributed by atoms with Crippen LogP contribution >= 0.6 is 0 Å². The molecule has 0 bridgehead atoms. The van der Waals surface area contributed by atoms with Crippen molar-refractivity contribution in [1.29, 1.82) is 0 Å². The fourth-order valence-electron chi connectivity index (χ4n) is 2.63. The average molecular weight is 322 g/mol. The molecule has 2 rings (SSSR count). The number of carbonyl (C=O) groups is 2. The molecule has 1 aliphatic heterocycles. The second kappa shape index (κ2) is 7.08. The third-order valence-corrected chi connectivity index (χ3v) is 3.88. The summed E-state index contributed by atoms with van der Waals surface area (Å²) in [5.74, 6) is -1.31. The summed E-state index contributed by atoms with van der Waals surface area (Å²) in [5, 5.41) is 20.2. The maximum absolute atomic E-state index is 12.2. The Hall–Kier alpha value is -2.64. The lowest BCUT2D eigenvalue weighted by Crippen LogP contribution is -2.51. The SMILES string of the molecule is CC1CCN(C(=O)COc2ccccc2[N+](=O)[O-])C(C(=O)O)C1. The Kier molecular flexibility index (Phi) is 5.15. The van der Waals surface area contributed by atoms with E-state index in [0.717, 1.165) is 6.42 Å². The quantitative estimate of drug-likeness (QED) is 0.652. The molecular formula is C15H18N2O6. The van der Waals surface area contributed by atoms with Gasteiger partial charge in [0.2, 0.25) is 0 Å². The van der Waals surface area contributed by atoms with E-state index in [9.17, 15) is 24.8 Å². The predicted molar refractivity (Wildman–Crippen MR) is 80.1 cm³/mol. The zero-order chi connectivity index (χ0) is 17.0. The Labute approximate surface area is 132 Å². The molecule has 8 nitrogen and oxygen atoms in total. The molecule has 23 heavy (non-hydrogen) atoms. The maximum Gasteiger partial charge on any atom is 0.326 e. The standard InChI is InChI=1S/C15H18N2O6/c1-10-6-7-16(12(8-10)15(19)20)14(18)9-23-13-5-3-2-4-11(13)17(21)22/h2-5,10,12H,6-9H2,1H3,(H,19,20). The first-order chi connectivity index (χ1) is 10.9. The molecule has 0 saturated carbocycles. The predicted octanol–water partition coefficient (Wildman–Crippen LogP) is 1.69. The first kappa shape index (κ1) is 16.7. The molecule has 0 radical (unpaired) electrons. The summed E-state index contributed by atoms with van der Waals surface area (Å²) in [4.78, 5) is 35.1. The summed E-state index contributed by atoms with van der Waals surface area (Å²) < 4.78 is 5.24. The Balaban J connectivity index is 2.04. The number of carbonyl (C=O) groups excluding carboxylic acids is 1. The number of nitrogens with zero attached hydrogens (tertiary/aromatic N) is 2. The minimum Gasteiger partial charge on any atom is -0.480 e. The number of hydrogen-bond acceptors (Lipinski definition) is 5. The molecule has 1 heterocycles. The number of aliphatic carboxylic acids is 1. The highest BCUT2D eigenvalue weighted by Gasteiger charge is 2.35. The molecule has 1 aliphatic rings. The molecule has 0 aliphatic carbocycles. The third kappa shape index (κ3) is 3.97. The number of likely N-dealkylation sites (tertiary alicyclic amines) is 1. The Bertz CT molecular complexity index is 618. The first-order valence-corrected chi connectivity index (χ1v) is 7.28. The molecule has 1 aromatic carbocycles. The summed E-state index contributed by atoms with van der Waals surface area (Å²) in [6.45, 7) is 1.86. The monoisotopic (exact) mass is 322 g/mol. The highest BCUT2D eigenvalue weighted by molar-refractivity contribution is 5.84. The Morgan fingerprint density at radius 1 is 1.43 bits per heavy atom. The van der Waals surface area contributed by atoms with Gasteiger partial charge in [-0.3, -0.25) is 14.9 Å². The number of hydrogen-bond donors (Lipinski definition) is 1. The van der Waals surface area contributed by atoms with Gasteiger partial charge in [0.25, 0.3) is 5.91 Å². The van der Waals surface area contributed by atoms with Crippen molar-refractivity contribution in [1.82, 2.24) is 4.90 Å². The van der Waals surface area contributed by atoms with Crippen molar-refractivity contribution in [2.45, 2.75) is 25.8 Å². The largest absolute Gasteiger partial charge is 0.480 e. The lowest BCUT2D eigenvalue weighted by Gasteiger charge is -2.35. The van der Waals surface area contributed by atoms with Gasteiger partial charge < -0.3 is 14.7 Å². The van der Waals surface area contributed by atoms with Crippen LogP contribution in [-0.2, 0) is 9.59 Å². The number of piperidine rings is 1. The minimum absolute atomic E-state index is 0.0110. The molecular weight excluding hydrogens is 304 g/mol. The van der Waals surface area contributed by atoms with Gasteiger partial charge in [-0.2, -0.15) is 0 Å². The normalized spacial score (nSPS) is 20.8. The van der Waals surface area contributed by atoms with Gasteiger partial charge in [0.05, 0.1) is 4.92 Å². The molecule has 2 atom stereocenters. The van der Waals surface area contributed by atoms with E-state index in [4.69, 9.17) is 4.74 Å². The van der Waals surface area contributed by atoms with Crippen LogP contribution < -0.4 is 4.74 Å². The topological polar surface area (TPSA) is 110 Å². The Morgan fingerprint density at radius 3 is 2.78 bits per heavy atom. The van der Waals surface area contributed by atoms with Crippen molar-refractivity contribution in [3.63, 3.8) is 0 Å². The molecule has 8 heteroatoms. The highest BCUT2D eigenvalue weighted by Crippen LogP contribution is 2.27. The van der Waals surface area contributed by atoms with Gasteiger partial charge >= 0.3 is 11.7 Å². The van der Waals surface area contributed by atoms with Crippen molar-refractivity contribution in [2.24, 2.45) is 5.92 Å². The van der Waals surface area contributed by atoms with Gasteiger partial charge in [0.1, 0.15) is 6.04 Å². The van der Waals surface area contributed by atoms with Gasteiger partial charge in [-0.05, 0) is 24.8 Å². The number of nitro benzene ring substituents is 1. The maximum atomic E-state index is 12.2. The van der Waals surface area contributed by atoms with E-state index >= 15 is 0 Å². The highest BCUT2D eigenvalue weighted by atomic mass is 16.6. The van der Waals surface area contributed by atoms with Gasteiger partial charge in [-0.25, -0.2) is 4.79 Å². The fraction of sp³-hybridized carbons (Fsp3) is 0.467. The molecule has 1 N–H and O–H groups in total. The minimum atomic E-state index is -1.05. The van der Waals surface area contributed by atoms with E-state index in [1.807, 2.05) is 6.92 Å². The number of nitro groups is 1. The molecule has 124 valence electrons. The van der Waals surface area contributed by atoms with Gasteiger partial charge in [-0.1, -0.05) is 19.1 Å². The zero-order valence-corrected chi connectivity index (χ0v) is 12.7. The number of para-hydroxylation sites is 2. The van der Waals surface area contributed by atoms with Crippen LogP contribution in [0.5, 0.6) is 5.75 Å². The second-order valence-electron chi connectivity index (χ2n) is 5.58. The van der Waals surface area contributed by atoms with Crippen LogP contribution in [0.1, 0.15) is 19.8 Å². The van der Waals surface area contributed by atoms with Crippen LogP contribution in [0.4, 0.5) is 5.69 Å². The van der Waals surface area contributed by atoms with Gasteiger partial charge in [0, 0.05) is 12.6 Å². The number of benzene rings is 1. The summed E-state index contributed by atoms with van der Waals surface area (Å²) in [5.41, 5.74) is -0.234. The van der Waals surface area contributed by atoms with Gasteiger partial charge in [-0.15, -0.1) is 0 Å². The molecule has 2 unspecified atom stereocenters. The molecule has 0 spiro atoms. The van der Waals surface area contributed by atoms with Crippen LogP contribution in [0.3, 0.4) is 0 Å². The van der Waals surface area contributed by atoms with Crippen molar-refractivity contribution >= 4 is 17.6 Å². The van der Waals surface area contributed by atoms with Crippen molar-refractivity contribution in [2.75, 3.05) is 13.2 Å². The molecule has 0 aromatic heterocycles. The van der Waals surface area contributed by atoms with Crippen molar-refractivity contribution in [3.8, 4) is 5.75 Å². The van der Waals surface area contributed by atoms with Gasteiger partial charge in [0.15, 0.2) is 12.4 Å². The van der Waals surface area contributed by atoms with E-state index in [1.54, 1.807) is 6.07 Å². The first-order valence-electron chi connectivity index (χ1n) is 7.28. The lowest BCUT2D eigenvalue weighted by atomic mass is 9.92. The number of carboxylic acids is 1. The van der Waals surface area contributed by atoms with Crippen LogP contribution in [0, 0.1) is 16.0 Å². The molecule has 1 amide bonds. The van der Waals surface area contributed by atoms with Crippen molar-refractivity contribution < 1.29 is 24.4 Å². The smallest absolute Gasteiger partial charge is 0.326 e. The molecule has 1 saturated heterocycles. The average Bonchev–Trinajstić information content (AvgIpc) is 2.52. The lowest BCUT2D eigenvalue weighted by molar-refractivity contribution is -0.385. The number of carboxylic acid groups (broad SMARTS) is 1. The van der Waals surface area contributed by atoms with Crippen LogP contribution in [0.2, 0.25) is 0 Å². The van der Waals surface area contributed by atoms with Crippen molar-refractivity contribution in [3.05, 3.63) is 34.4 Å². The van der Waals surface area contributed by atoms with E-state index in [0.29, 0.717) is 13.0 Å². The number of ether oxygens (including phenoxy) is 1. The van der Waals surface area contributed by atoms with E-state index in [-0.39, 0.29) is 17.4 Å². The number of amides is 1. The fourth-order valence-corrected chi connectivity index (χ4v) is 2.63. The van der Waals surface area contributed by atoms with Crippen LogP contribution in [0.25, 0.3) is 0 Å². The second-order valence-corrected chi connectivity index (χ2v) is 5.58. The van der Waals surface area contributed by atoms with E-state index in [1.165, 1.54) is 23.1 Å². The summed E-state index contributed by atoms with van der Waals surface area (Å²) in [7, 11) is 0. The summed E-state index contributed by atoms with van der Waals surface area (Å²) in [6, 6.07) is 4.87. The van der Waals surface area contributed by atoms with Crippen LogP contribution in [0.15, 0.2) is 24.3 Å². The molecule has 1 fully saturated rings. The van der Waals surface area contributed by atoms with Crippen LogP contribution in [-0.4, -0.2) is 46.0 Å². The zero-order valence-electron chi connectivity index (χ0n) is 12.7. The Morgan fingerprint density at radius 2 is 2.13 bits per heavy atom. The molecule has 1 aromatic rings. The third-order valence-electron chi connectivity index (χ3n) is 3.88. The number of rotatable bonds is 5. The van der Waals surface area contributed by atoms with E-state index < -0.39 is 29.4 Å². The van der Waals surface area contributed by atoms with E-state index in [2.05, 4.69) is 0 Å². The summed E-state index contributed by atoms with van der Waals surface area (Å²) >= 11 is 0.